The van der Waals surface area contributed by atoms with Gasteiger partial charge in [0.2, 0.25) is 5.91 Å². The van der Waals surface area contributed by atoms with E-state index in [-0.39, 0.29) is 17.1 Å². The molecule has 0 saturated heterocycles. The smallest absolute Gasteiger partial charge is 0.255 e. The largest absolute Gasteiger partial charge is 0.497 e. The first-order valence-corrected chi connectivity index (χ1v) is 12.1. The molecule has 0 heterocycles. The Labute approximate surface area is 209 Å². The third kappa shape index (κ3) is 6.11. The first-order valence-electron chi connectivity index (χ1n) is 11.2. The van der Waals surface area contributed by atoms with Gasteiger partial charge < -0.3 is 10.1 Å². The number of nitrogens with one attached hydrogen (secondary N) is 1. The summed E-state index contributed by atoms with van der Waals surface area (Å²) in [6.07, 6.45) is 0. The van der Waals surface area contributed by atoms with Crippen LogP contribution < -0.4 is 15.0 Å². The Balaban J connectivity index is 1.50. The average molecular weight is 483 g/mol. The second kappa shape index (κ2) is 11.4. The minimum absolute atomic E-state index is 0.0294. The van der Waals surface area contributed by atoms with Gasteiger partial charge in [-0.3, -0.25) is 14.5 Å². The maximum atomic E-state index is 13.6. The number of benzene rings is 4. The van der Waals surface area contributed by atoms with Crippen LogP contribution in [0.5, 0.6) is 5.75 Å². The van der Waals surface area contributed by atoms with Crippen molar-refractivity contribution in [2.45, 2.75) is 17.1 Å². The van der Waals surface area contributed by atoms with Crippen LogP contribution in [0.3, 0.4) is 0 Å². The fraction of sp³-hybridized carbons (Fsp3) is 0.103. The van der Waals surface area contributed by atoms with Gasteiger partial charge in [-0.05, 0) is 67.6 Å². The van der Waals surface area contributed by atoms with Crippen LogP contribution in [0.2, 0.25) is 0 Å². The van der Waals surface area contributed by atoms with Gasteiger partial charge in [0.15, 0.2) is 0 Å². The number of carbonyl (C=O) groups is 2. The Hall–Kier alpha value is -4.03. The zero-order valence-electron chi connectivity index (χ0n) is 19.5. The molecular formula is C29H26N2O3S. The fourth-order valence-electron chi connectivity index (χ4n) is 3.61. The van der Waals surface area contributed by atoms with Gasteiger partial charge in [0.1, 0.15) is 5.75 Å². The lowest BCUT2D eigenvalue weighted by Gasteiger charge is -2.26. The number of hydrogen-bond donors (Lipinski definition) is 1. The lowest BCUT2D eigenvalue weighted by atomic mass is 10.2. The van der Waals surface area contributed by atoms with Crippen LogP contribution in [0, 0.1) is 0 Å². The molecule has 0 saturated carbocycles. The monoisotopic (exact) mass is 482 g/mol. The van der Waals surface area contributed by atoms with Crippen molar-refractivity contribution in [2.75, 3.05) is 17.3 Å². The lowest BCUT2D eigenvalue weighted by molar-refractivity contribution is -0.117. The summed E-state index contributed by atoms with van der Waals surface area (Å²) in [4.78, 5) is 28.9. The van der Waals surface area contributed by atoms with Crippen molar-refractivity contribution in [3.05, 3.63) is 115 Å². The molecule has 1 N–H and O–H groups in total. The molecule has 0 aliphatic rings. The van der Waals surface area contributed by atoms with Gasteiger partial charge in [0.05, 0.1) is 12.4 Å². The van der Waals surface area contributed by atoms with Crippen molar-refractivity contribution in [1.29, 1.82) is 0 Å². The van der Waals surface area contributed by atoms with E-state index in [1.807, 2.05) is 91.9 Å². The number of rotatable bonds is 8. The van der Waals surface area contributed by atoms with Crippen molar-refractivity contribution in [2.24, 2.45) is 0 Å². The Morgan fingerprint density at radius 2 is 1.43 bits per heavy atom. The quantitative estimate of drug-likeness (QED) is 0.281. The summed E-state index contributed by atoms with van der Waals surface area (Å²) < 4.78 is 5.20. The molecule has 0 radical (unpaired) electrons. The highest BCUT2D eigenvalue weighted by atomic mass is 32.2. The van der Waals surface area contributed by atoms with Crippen LogP contribution in [-0.2, 0) is 4.79 Å². The molecule has 5 nitrogen and oxygen atoms in total. The molecular weight excluding hydrogens is 456 g/mol. The number of ether oxygens (including phenoxy) is 1. The highest BCUT2D eigenvalue weighted by Crippen LogP contribution is 2.32. The molecule has 4 aromatic carbocycles. The first kappa shape index (κ1) is 24.1. The molecule has 35 heavy (non-hydrogen) atoms. The summed E-state index contributed by atoms with van der Waals surface area (Å²) in [6.45, 7) is 1.90. The van der Waals surface area contributed by atoms with Gasteiger partial charge in [-0.2, -0.15) is 0 Å². The zero-order valence-corrected chi connectivity index (χ0v) is 20.4. The predicted octanol–water partition coefficient (Wildman–Crippen LogP) is 6.79. The van der Waals surface area contributed by atoms with Gasteiger partial charge in [-0.1, -0.05) is 48.5 Å². The zero-order chi connectivity index (χ0) is 24.6. The van der Waals surface area contributed by atoms with Crippen LogP contribution in [0.1, 0.15) is 17.3 Å². The van der Waals surface area contributed by atoms with Crippen molar-refractivity contribution in [1.82, 2.24) is 0 Å². The van der Waals surface area contributed by atoms with E-state index >= 15 is 0 Å². The Morgan fingerprint density at radius 1 is 0.800 bits per heavy atom. The maximum absolute atomic E-state index is 13.6. The third-order valence-corrected chi connectivity index (χ3v) is 6.41. The molecule has 0 bridgehead atoms. The van der Waals surface area contributed by atoms with E-state index < -0.39 is 0 Å². The lowest BCUT2D eigenvalue weighted by Crippen LogP contribution is -2.32. The normalized spacial score (nSPS) is 11.4. The SMILES string of the molecule is COc1cccc(C(=O)Nc2cccc(SC(C)C(=O)N(c3ccccc3)c3ccccc3)c2)c1. The van der Waals surface area contributed by atoms with Gasteiger partial charge >= 0.3 is 0 Å². The number of carbonyl (C=O) groups excluding carboxylic acids is 2. The van der Waals surface area contributed by atoms with E-state index in [9.17, 15) is 9.59 Å². The summed E-state index contributed by atoms with van der Waals surface area (Å²) in [5.41, 5.74) is 2.80. The molecule has 2 amide bonds. The van der Waals surface area contributed by atoms with Crippen LogP contribution in [-0.4, -0.2) is 24.2 Å². The number of anilines is 3. The number of para-hydroxylation sites is 2. The molecule has 4 aromatic rings. The van der Waals surface area contributed by atoms with Crippen LogP contribution in [0.15, 0.2) is 114 Å². The number of methoxy groups -OCH3 is 1. The number of hydrogen-bond acceptors (Lipinski definition) is 4. The van der Waals surface area contributed by atoms with E-state index in [2.05, 4.69) is 5.32 Å². The van der Waals surface area contributed by atoms with E-state index in [1.54, 1.807) is 36.3 Å². The van der Waals surface area contributed by atoms with Gasteiger partial charge in [0, 0.05) is 27.5 Å². The molecule has 6 heteroatoms. The number of nitrogens with zero attached hydrogens (tertiary/aromatic N) is 1. The summed E-state index contributed by atoms with van der Waals surface area (Å²) in [5, 5.41) is 2.56. The molecule has 0 fully saturated rings. The van der Waals surface area contributed by atoms with Gasteiger partial charge in [0.25, 0.3) is 5.91 Å². The van der Waals surface area contributed by atoms with E-state index in [0.29, 0.717) is 17.0 Å². The number of amides is 2. The molecule has 1 unspecified atom stereocenters. The Bertz CT molecular complexity index is 1260. The average Bonchev–Trinajstić information content (AvgIpc) is 2.90. The van der Waals surface area contributed by atoms with Crippen LogP contribution in [0.4, 0.5) is 17.1 Å². The summed E-state index contributed by atoms with van der Waals surface area (Å²) in [6, 6.07) is 33.8. The van der Waals surface area contributed by atoms with Gasteiger partial charge in [-0.15, -0.1) is 11.8 Å². The van der Waals surface area contributed by atoms with Crippen molar-refractivity contribution in [3.8, 4) is 5.75 Å². The molecule has 0 aromatic heterocycles. The molecule has 0 aliphatic carbocycles. The standard InChI is InChI=1S/C29H26N2O3S/c1-21(29(33)31(24-13-5-3-6-14-24)25-15-7-4-8-16-25)35-27-18-10-12-23(20-27)30-28(32)22-11-9-17-26(19-22)34-2/h3-21H,1-2H3,(H,30,32). The molecule has 1 atom stereocenters. The predicted molar refractivity (Wildman–Crippen MR) is 143 cm³/mol. The second-order valence-corrected chi connectivity index (χ2v) is 9.23. The summed E-state index contributed by atoms with van der Waals surface area (Å²) in [7, 11) is 1.57. The maximum Gasteiger partial charge on any atom is 0.255 e. The van der Waals surface area contributed by atoms with E-state index in [0.717, 1.165) is 16.3 Å². The molecule has 0 aliphatic heterocycles. The minimum atomic E-state index is -0.361. The van der Waals surface area contributed by atoms with Gasteiger partial charge in [-0.25, -0.2) is 0 Å². The molecule has 4 rings (SSSR count). The highest BCUT2D eigenvalue weighted by molar-refractivity contribution is 8.00. The topological polar surface area (TPSA) is 58.6 Å². The summed E-state index contributed by atoms with van der Waals surface area (Å²) >= 11 is 1.45. The minimum Gasteiger partial charge on any atom is -0.497 e. The van der Waals surface area contributed by atoms with Crippen LogP contribution in [0.25, 0.3) is 0 Å². The highest BCUT2D eigenvalue weighted by Gasteiger charge is 2.24. The fourth-order valence-corrected chi connectivity index (χ4v) is 4.58. The Morgan fingerprint density at radius 3 is 2.06 bits per heavy atom. The second-order valence-electron chi connectivity index (χ2n) is 7.82. The van der Waals surface area contributed by atoms with Crippen molar-refractivity contribution >= 4 is 40.6 Å². The third-order valence-electron chi connectivity index (χ3n) is 5.33. The van der Waals surface area contributed by atoms with Crippen molar-refractivity contribution in [3.63, 3.8) is 0 Å². The Kier molecular flexibility index (Phi) is 7.85. The first-order chi connectivity index (χ1) is 17.0. The van der Waals surface area contributed by atoms with Crippen LogP contribution >= 0.6 is 11.8 Å². The van der Waals surface area contributed by atoms with E-state index in [1.165, 1.54) is 11.8 Å². The molecule has 0 spiro atoms. The summed E-state index contributed by atoms with van der Waals surface area (Å²) in [5.74, 6) is 0.364. The number of thioether (sulfide) groups is 1. The molecule has 176 valence electrons. The van der Waals surface area contributed by atoms with E-state index in [4.69, 9.17) is 4.74 Å². The van der Waals surface area contributed by atoms with Crippen molar-refractivity contribution < 1.29 is 14.3 Å².